The quantitative estimate of drug-likeness (QED) is 0.816. The van der Waals surface area contributed by atoms with Gasteiger partial charge in [-0.15, -0.1) is 0 Å². The van der Waals surface area contributed by atoms with Gasteiger partial charge in [0.1, 0.15) is 5.75 Å². The summed E-state index contributed by atoms with van der Waals surface area (Å²) in [5.41, 5.74) is 3.96. The Kier molecular flexibility index (Phi) is 3.37. The van der Waals surface area contributed by atoms with E-state index in [1.807, 2.05) is 12.1 Å². The van der Waals surface area contributed by atoms with Crippen LogP contribution in [0.3, 0.4) is 0 Å². The van der Waals surface area contributed by atoms with Crippen LogP contribution in [0.2, 0.25) is 0 Å². The van der Waals surface area contributed by atoms with Crippen molar-refractivity contribution in [1.29, 1.82) is 0 Å². The van der Waals surface area contributed by atoms with E-state index in [0.29, 0.717) is 11.7 Å². The maximum Gasteiger partial charge on any atom is 0.116 e. The summed E-state index contributed by atoms with van der Waals surface area (Å²) in [5, 5.41) is 9.55. The minimum Gasteiger partial charge on any atom is -0.508 e. The summed E-state index contributed by atoms with van der Waals surface area (Å²) in [7, 11) is 0. The highest BCUT2D eigenvalue weighted by Gasteiger charge is 2.16. The van der Waals surface area contributed by atoms with E-state index in [1.165, 1.54) is 17.6 Å². The highest BCUT2D eigenvalue weighted by molar-refractivity contribution is 5.67. The van der Waals surface area contributed by atoms with Crippen LogP contribution >= 0.6 is 0 Å². The van der Waals surface area contributed by atoms with E-state index in [9.17, 15) is 5.11 Å². The van der Waals surface area contributed by atoms with Crippen molar-refractivity contribution in [3.05, 3.63) is 71.8 Å². The molecule has 0 fully saturated rings. The van der Waals surface area contributed by atoms with Crippen LogP contribution in [0.25, 0.3) is 5.57 Å². The van der Waals surface area contributed by atoms with Crippen LogP contribution < -0.4 is 0 Å². The van der Waals surface area contributed by atoms with Crippen LogP contribution in [-0.2, 0) is 0 Å². The van der Waals surface area contributed by atoms with Gasteiger partial charge in [0.25, 0.3) is 0 Å². The van der Waals surface area contributed by atoms with Crippen molar-refractivity contribution in [2.75, 3.05) is 0 Å². The zero-order valence-electron chi connectivity index (χ0n) is 10.9. The van der Waals surface area contributed by atoms with Gasteiger partial charge in [-0.25, -0.2) is 0 Å². The number of phenolic OH excluding ortho intramolecular Hbond substituents is 1. The van der Waals surface area contributed by atoms with Gasteiger partial charge >= 0.3 is 0 Å². The summed E-state index contributed by atoms with van der Waals surface area (Å²) in [5.74, 6) is 0.992. The van der Waals surface area contributed by atoms with Crippen LogP contribution in [0.5, 0.6) is 5.75 Å². The first kappa shape index (κ1) is 12.0. The second-order valence-corrected chi connectivity index (χ2v) is 5.16. The fraction of sp³-hybridized carbons (Fsp3) is 0.222. The molecule has 0 amide bonds. The summed E-state index contributed by atoms with van der Waals surface area (Å²) in [6.45, 7) is 0. The first-order valence-corrected chi connectivity index (χ1v) is 6.86. The molecular weight excluding hydrogens is 232 g/mol. The molecule has 1 N–H and O–H groups in total. The van der Waals surface area contributed by atoms with Crippen LogP contribution in [-0.4, -0.2) is 5.11 Å². The molecule has 96 valence electrons. The van der Waals surface area contributed by atoms with Crippen molar-refractivity contribution >= 4 is 5.57 Å². The number of phenols is 1. The van der Waals surface area contributed by atoms with E-state index in [-0.39, 0.29) is 0 Å². The van der Waals surface area contributed by atoms with Gasteiger partial charge in [-0.1, -0.05) is 48.5 Å². The molecule has 1 aliphatic carbocycles. The number of rotatable bonds is 2. The Labute approximate surface area is 114 Å². The molecule has 0 saturated heterocycles. The number of hydrogen-bond acceptors (Lipinski definition) is 1. The Balaban J connectivity index is 1.77. The molecule has 3 rings (SSSR count). The fourth-order valence-corrected chi connectivity index (χ4v) is 2.83. The van der Waals surface area contributed by atoms with E-state index in [1.54, 1.807) is 6.07 Å². The lowest BCUT2D eigenvalue weighted by Crippen LogP contribution is -2.03. The predicted molar refractivity (Wildman–Crippen MR) is 79.1 cm³/mol. The monoisotopic (exact) mass is 250 g/mol. The van der Waals surface area contributed by atoms with Gasteiger partial charge in [-0.3, -0.25) is 0 Å². The zero-order valence-corrected chi connectivity index (χ0v) is 10.9. The highest BCUT2D eigenvalue weighted by Crippen LogP contribution is 2.36. The second kappa shape index (κ2) is 5.31. The lowest BCUT2D eigenvalue weighted by molar-refractivity contribution is 0.475. The first-order valence-electron chi connectivity index (χ1n) is 6.86. The smallest absolute Gasteiger partial charge is 0.116 e. The first-order chi connectivity index (χ1) is 9.33. The SMILES string of the molecule is Oc1cccc(C2=CCC(c3ccccc3)CC2)c1. The van der Waals surface area contributed by atoms with Gasteiger partial charge in [-0.2, -0.15) is 0 Å². The minimum atomic E-state index is 0.351. The molecule has 1 aliphatic rings. The molecule has 0 heterocycles. The van der Waals surface area contributed by atoms with Crippen molar-refractivity contribution in [1.82, 2.24) is 0 Å². The third-order valence-electron chi connectivity index (χ3n) is 3.90. The molecule has 1 heteroatoms. The molecular formula is C18H18O. The van der Waals surface area contributed by atoms with Gasteiger partial charge < -0.3 is 5.11 Å². The lowest BCUT2D eigenvalue weighted by atomic mass is 9.83. The molecule has 2 aromatic rings. The Hall–Kier alpha value is -2.02. The molecule has 2 aromatic carbocycles. The van der Waals surface area contributed by atoms with E-state index < -0.39 is 0 Å². The molecule has 0 aromatic heterocycles. The molecule has 1 atom stereocenters. The van der Waals surface area contributed by atoms with E-state index >= 15 is 0 Å². The Morgan fingerprint density at radius 3 is 2.47 bits per heavy atom. The van der Waals surface area contributed by atoms with Crippen molar-refractivity contribution in [2.24, 2.45) is 0 Å². The molecule has 0 aliphatic heterocycles. The van der Waals surface area contributed by atoms with Gasteiger partial charge in [-0.05, 0) is 54.0 Å². The second-order valence-electron chi connectivity index (χ2n) is 5.16. The van der Waals surface area contributed by atoms with Gasteiger partial charge in [0.15, 0.2) is 0 Å². The lowest BCUT2D eigenvalue weighted by Gasteiger charge is -2.22. The molecule has 1 nitrogen and oxygen atoms in total. The number of allylic oxidation sites excluding steroid dienone is 2. The summed E-state index contributed by atoms with van der Waals surface area (Å²) in [4.78, 5) is 0. The standard InChI is InChI=1S/C18H18O/c19-18-8-4-7-17(13-18)16-11-9-15(10-12-16)14-5-2-1-3-6-14/h1-8,11,13,15,19H,9-10,12H2. The van der Waals surface area contributed by atoms with Gasteiger partial charge in [0.05, 0.1) is 0 Å². The number of aromatic hydroxyl groups is 1. The van der Waals surface area contributed by atoms with E-state index in [4.69, 9.17) is 0 Å². The number of hydrogen-bond donors (Lipinski definition) is 1. The average Bonchev–Trinajstić information content (AvgIpc) is 2.48. The zero-order chi connectivity index (χ0) is 13.1. The largest absolute Gasteiger partial charge is 0.508 e. The van der Waals surface area contributed by atoms with Crippen molar-refractivity contribution in [3.63, 3.8) is 0 Å². The van der Waals surface area contributed by atoms with Crippen LogP contribution in [0.4, 0.5) is 0 Å². The molecule has 0 saturated carbocycles. The molecule has 0 spiro atoms. The summed E-state index contributed by atoms with van der Waals surface area (Å²) in [6, 6.07) is 18.3. The maximum absolute atomic E-state index is 9.55. The van der Waals surface area contributed by atoms with Crippen molar-refractivity contribution < 1.29 is 5.11 Å². The normalized spacial score (nSPS) is 18.9. The van der Waals surface area contributed by atoms with Crippen molar-refractivity contribution in [2.45, 2.75) is 25.2 Å². The average molecular weight is 250 g/mol. The third-order valence-corrected chi connectivity index (χ3v) is 3.90. The fourth-order valence-electron chi connectivity index (χ4n) is 2.83. The van der Waals surface area contributed by atoms with Crippen LogP contribution in [0, 0.1) is 0 Å². The molecule has 19 heavy (non-hydrogen) atoms. The van der Waals surface area contributed by atoms with Crippen molar-refractivity contribution in [3.8, 4) is 5.75 Å². The highest BCUT2D eigenvalue weighted by atomic mass is 16.3. The Morgan fingerprint density at radius 2 is 1.79 bits per heavy atom. The molecule has 1 unspecified atom stereocenters. The minimum absolute atomic E-state index is 0.351. The third kappa shape index (κ3) is 2.70. The van der Waals surface area contributed by atoms with Gasteiger partial charge in [0.2, 0.25) is 0 Å². The summed E-state index contributed by atoms with van der Waals surface area (Å²) in [6.07, 6.45) is 5.69. The Bertz CT molecular complexity index is 584. The molecule has 0 radical (unpaired) electrons. The predicted octanol–water partition coefficient (Wildman–Crippen LogP) is 4.74. The number of benzene rings is 2. The van der Waals surface area contributed by atoms with Crippen LogP contribution in [0.15, 0.2) is 60.7 Å². The van der Waals surface area contributed by atoms with E-state index in [2.05, 4.69) is 42.5 Å². The van der Waals surface area contributed by atoms with Crippen LogP contribution in [0.1, 0.15) is 36.3 Å². The topological polar surface area (TPSA) is 20.2 Å². The summed E-state index contributed by atoms with van der Waals surface area (Å²) < 4.78 is 0. The maximum atomic E-state index is 9.55. The molecule has 0 bridgehead atoms. The van der Waals surface area contributed by atoms with E-state index in [0.717, 1.165) is 18.4 Å². The Morgan fingerprint density at radius 1 is 0.947 bits per heavy atom. The van der Waals surface area contributed by atoms with Gasteiger partial charge in [0, 0.05) is 0 Å². The summed E-state index contributed by atoms with van der Waals surface area (Å²) >= 11 is 0.